The van der Waals surface area contributed by atoms with Crippen LogP contribution in [0.1, 0.15) is 43.9 Å². The highest BCUT2D eigenvalue weighted by Crippen LogP contribution is 2.45. The van der Waals surface area contributed by atoms with Crippen LogP contribution < -0.4 is 5.32 Å². The van der Waals surface area contributed by atoms with Crippen molar-refractivity contribution in [2.45, 2.75) is 43.6 Å². The number of Topliss-reactive ketones (excluding diaryl/α,β-unsaturated/α-hetero) is 1. The fraction of sp³-hybridized carbons (Fsp3) is 0.304. The van der Waals surface area contributed by atoms with E-state index < -0.39 is 4.92 Å². The molecule has 0 spiro atoms. The number of hydrogen-bond donors (Lipinski definition) is 1. The van der Waals surface area contributed by atoms with E-state index in [0.29, 0.717) is 23.3 Å². The molecule has 1 unspecified atom stereocenters. The van der Waals surface area contributed by atoms with Gasteiger partial charge in [-0.25, -0.2) is 4.68 Å². The van der Waals surface area contributed by atoms with Gasteiger partial charge in [-0.15, -0.1) is 5.10 Å². The third kappa shape index (κ3) is 4.13. The lowest BCUT2D eigenvalue weighted by molar-refractivity contribution is -0.384. The molecule has 1 aromatic carbocycles. The minimum Gasteiger partial charge on any atom is -0.328 e. The molecule has 3 aromatic rings. The second-order valence-electron chi connectivity index (χ2n) is 9.02. The summed E-state index contributed by atoms with van der Waals surface area (Å²) in [6.45, 7) is 4.19. The molecular weight excluding hydrogens is 440 g/mol. The Hall–Kier alpha value is -3.53. The normalized spacial score (nSPS) is 19.0. The minimum atomic E-state index is -0.413. The number of benzene rings is 1. The van der Waals surface area contributed by atoms with Gasteiger partial charge in [-0.1, -0.05) is 43.8 Å². The predicted octanol–water partition coefficient (Wildman–Crippen LogP) is 4.53. The van der Waals surface area contributed by atoms with Gasteiger partial charge in [0.15, 0.2) is 5.78 Å². The van der Waals surface area contributed by atoms with Crippen LogP contribution >= 0.6 is 11.8 Å². The summed E-state index contributed by atoms with van der Waals surface area (Å²) in [5, 5.41) is 19.5. The molecule has 0 bridgehead atoms. The van der Waals surface area contributed by atoms with Gasteiger partial charge in [-0.05, 0) is 29.0 Å². The zero-order chi connectivity index (χ0) is 23.2. The van der Waals surface area contributed by atoms with E-state index in [-0.39, 0.29) is 22.9 Å². The summed E-state index contributed by atoms with van der Waals surface area (Å²) in [5.74, 6) is 1.28. The number of nitrogens with one attached hydrogen (secondary N) is 1. The number of thioether (sulfide) groups is 1. The van der Waals surface area contributed by atoms with Crippen LogP contribution in [-0.4, -0.2) is 30.5 Å². The second-order valence-corrected chi connectivity index (χ2v) is 9.96. The van der Waals surface area contributed by atoms with Gasteiger partial charge in [0.1, 0.15) is 6.04 Å². The quantitative estimate of drug-likeness (QED) is 0.334. The molecule has 10 heteroatoms. The highest BCUT2D eigenvalue weighted by molar-refractivity contribution is 7.98. The van der Waals surface area contributed by atoms with Gasteiger partial charge in [-0.2, -0.15) is 4.98 Å². The van der Waals surface area contributed by atoms with Crippen LogP contribution in [0.25, 0.3) is 0 Å². The summed E-state index contributed by atoms with van der Waals surface area (Å²) in [5.41, 5.74) is 3.38. The fourth-order valence-electron chi connectivity index (χ4n) is 4.36. The average Bonchev–Trinajstić information content (AvgIpc) is 3.18. The number of aromatic nitrogens is 4. The SMILES string of the molecule is CC1(C)CC(=O)C2=C(C1)Nc1nc(SCc3ccc([N+](=O)[O-])cc3)nn1C2c1cccnc1. The lowest BCUT2D eigenvalue weighted by atomic mass is 9.73. The number of rotatable bonds is 5. The number of ketones is 1. The number of hydrogen-bond acceptors (Lipinski definition) is 8. The summed E-state index contributed by atoms with van der Waals surface area (Å²) >= 11 is 1.44. The highest BCUT2D eigenvalue weighted by atomic mass is 32.2. The molecule has 3 heterocycles. The number of allylic oxidation sites excluding steroid dienone is 2. The largest absolute Gasteiger partial charge is 0.328 e. The zero-order valence-corrected chi connectivity index (χ0v) is 19.0. The first kappa shape index (κ1) is 21.3. The minimum absolute atomic E-state index is 0.0621. The molecule has 1 aliphatic heterocycles. The van der Waals surface area contributed by atoms with E-state index in [0.717, 1.165) is 28.8 Å². The van der Waals surface area contributed by atoms with E-state index in [9.17, 15) is 14.9 Å². The van der Waals surface area contributed by atoms with Crippen LogP contribution in [0.2, 0.25) is 0 Å². The first-order valence-electron chi connectivity index (χ1n) is 10.6. The predicted molar refractivity (Wildman–Crippen MR) is 124 cm³/mol. The Labute approximate surface area is 194 Å². The van der Waals surface area contributed by atoms with Gasteiger partial charge in [0.2, 0.25) is 11.1 Å². The van der Waals surface area contributed by atoms with Crippen molar-refractivity contribution in [3.63, 3.8) is 0 Å². The number of fused-ring (bicyclic) bond motifs is 1. The topological polar surface area (TPSA) is 116 Å². The van der Waals surface area contributed by atoms with Crippen LogP contribution in [-0.2, 0) is 10.5 Å². The van der Waals surface area contributed by atoms with E-state index in [1.807, 2.05) is 12.1 Å². The molecule has 1 aliphatic carbocycles. The Morgan fingerprint density at radius 3 is 2.73 bits per heavy atom. The number of nitro benzene ring substituents is 1. The molecule has 33 heavy (non-hydrogen) atoms. The van der Waals surface area contributed by atoms with Crippen molar-refractivity contribution >= 4 is 29.2 Å². The second kappa shape index (κ2) is 8.11. The maximum Gasteiger partial charge on any atom is 0.269 e. The molecule has 0 radical (unpaired) electrons. The molecule has 9 nitrogen and oxygen atoms in total. The Morgan fingerprint density at radius 2 is 2.03 bits per heavy atom. The van der Waals surface area contributed by atoms with E-state index in [1.54, 1.807) is 29.2 Å². The third-order valence-corrected chi connectivity index (χ3v) is 6.74. The molecule has 0 amide bonds. The Balaban J connectivity index is 1.46. The fourth-order valence-corrected chi connectivity index (χ4v) is 5.14. The molecule has 1 N–H and O–H groups in total. The molecule has 0 saturated heterocycles. The lowest BCUT2D eigenvalue weighted by Gasteiger charge is -2.38. The van der Waals surface area contributed by atoms with Gasteiger partial charge in [-0.3, -0.25) is 19.9 Å². The van der Waals surface area contributed by atoms with Gasteiger partial charge in [0.25, 0.3) is 5.69 Å². The van der Waals surface area contributed by atoms with Gasteiger partial charge >= 0.3 is 0 Å². The monoisotopic (exact) mass is 462 g/mol. The summed E-state index contributed by atoms with van der Waals surface area (Å²) in [6, 6.07) is 9.89. The summed E-state index contributed by atoms with van der Waals surface area (Å²) < 4.78 is 1.77. The standard InChI is InChI=1S/C23H22N6O3S/c1-23(2)10-17-19(18(30)11-23)20(15-4-3-9-24-12-15)28-21(25-17)26-22(27-28)33-13-14-5-7-16(8-6-14)29(31)32/h3-9,12,20H,10-11,13H2,1-2H3,(H,25,26,27). The van der Waals surface area contributed by atoms with E-state index in [4.69, 9.17) is 5.10 Å². The Morgan fingerprint density at radius 1 is 1.24 bits per heavy atom. The number of anilines is 1. The smallest absolute Gasteiger partial charge is 0.269 e. The molecule has 2 aliphatic rings. The van der Waals surface area contributed by atoms with Crippen LogP contribution in [0.5, 0.6) is 0 Å². The van der Waals surface area contributed by atoms with Crippen LogP contribution in [0.3, 0.4) is 0 Å². The Kier molecular flexibility index (Phi) is 5.24. The molecule has 168 valence electrons. The number of carbonyl (C=O) groups is 1. The number of non-ortho nitro benzene ring substituents is 1. The average molecular weight is 463 g/mol. The molecule has 1 atom stereocenters. The summed E-state index contributed by atoms with van der Waals surface area (Å²) in [4.78, 5) is 32.6. The van der Waals surface area contributed by atoms with Crippen LogP contribution in [0, 0.1) is 15.5 Å². The first-order chi connectivity index (χ1) is 15.8. The number of nitrogens with zero attached hydrogens (tertiary/aromatic N) is 5. The van der Waals surface area contributed by atoms with Crippen molar-refractivity contribution in [2.24, 2.45) is 5.41 Å². The van der Waals surface area contributed by atoms with Gasteiger partial charge in [0, 0.05) is 48.0 Å². The maximum atomic E-state index is 13.2. The third-order valence-electron chi connectivity index (χ3n) is 5.83. The molecule has 0 saturated carbocycles. The number of carbonyl (C=O) groups excluding carboxylic acids is 1. The zero-order valence-electron chi connectivity index (χ0n) is 18.2. The van der Waals surface area contributed by atoms with Crippen molar-refractivity contribution in [1.29, 1.82) is 0 Å². The van der Waals surface area contributed by atoms with E-state index in [2.05, 4.69) is 29.1 Å². The van der Waals surface area contributed by atoms with Crippen LogP contribution in [0.4, 0.5) is 11.6 Å². The van der Waals surface area contributed by atoms with Gasteiger partial charge in [0.05, 0.1) is 4.92 Å². The van der Waals surface area contributed by atoms with E-state index >= 15 is 0 Å². The van der Waals surface area contributed by atoms with Crippen molar-refractivity contribution < 1.29 is 9.72 Å². The molecular formula is C23H22N6O3S. The molecule has 5 rings (SSSR count). The van der Waals surface area contributed by atoms with Crippen molar-refractivity contribution in [3.8, 4) is 0 Å². The first-order valence-corrected chi connectivity index (χ1v) is 11.6. The van der Waals surface area contributed by atoms with Crippen LogP contribution in [0.15, 0.2) is 65.2 Å². The lowest BCUT2D eigenvalue weighted by Crippen LogP contribution is -2.36. The summed E-state index contributed by atoms with van der Waals surface area (Å²) in [6.07, 6.45) is 4.71. The summed E-state index contributed by atoms with van der Waals surface area (Å²) in [7, 11) is 0. The van der Waals surface area contributed by atoms with Crippen molar-refractivity contribution in [3.05, 3.63) is 81.3 Å². The highest BCUT2D eigenvalue weighted by Gasteiger charge is 2.41. The van der Waals surface area contributed by atoms with Gasteiger partial charge < -0.3 is 5.32 Å². The van der Waals surface area contributed by atoms with E-state index in [1.165, 1.54) is 23.9 Å². The maximum absolute atomic E-state index is 13.2. The molecule has 2 aromatic heterocycles. The Bertz CT molecular complexity index is 1270. The van der Waals surface area contributed by atoms with Crippen molar-refractivity contribution in [1.82, 2.24) is 19.7 Å². The number of nitro groups is 1. The number of pyridine rings is 1. The van der Waals surface area contributed by atoms with Crippen molar-refractivity contribution in [2.75, 3.05) is 5.32 Å². The molecule has 0 fully saturated rings.